The van der Waals surface area contributed by atoms with E-state index >= 15 is 0 Å². The molecule has 0 N–H and O–H groups in total. The Morgan fingerprint density at radius 2 is 2.22 bits per heavy atom. The molecule has 0 spiro atoms. The molecule has 1 aliphatic heterocycles. The quantitative estimate of drug-likeness (QED) is 0.481. The van der Waals surface area contributed by atoms with Gasteiger partial charge in [-0.05, 0) is 31.1 Å². The van der Waals surface area contributed by atoms with Crippen molar-refractivity contribution >= 4 is 0 Å². The van der Waals surface area contributed by atoms with Crippen LogP contribution >= 0.6 is 0 Å². The molecule has 2 fully saturated rings. The molecule has 1 saturated carbocycles. The summed E-state index contributed by atoms with van der Waals surface area (Å²) in [4.78, 5) is 0. The minimum Gasteiger partial charge on any atom is -0.378 e. The van der Waals surface area contributed by atoms with Crippen molar-refractivity contribution in [3.8, 4) is 0 Å². The van der Waals surface area contributed by atoms with Gasteiger partial charge in [-0.15, -0.1) is 0 Å². The SMILES string of the molecule is C[C@H]1C[C@@]2(C)C[C@H]2CO1. The standard InChI is InChI=1S/C8H14O/c1-6-3-8(2)4-7(8)5-9-6/h6-7H,3-5H2,1-2H3/t6-,7-,8-/m0/s1. The summed E-state index contributed by atoms with van der Waals surface area (Å²) < 4.78 is 5.50. The molecule has 0 bridgehead atoms. The lowest BCUT2D eigenvalue weighted by molar-refractivity contribution is 0.00280. The second-order valence-electron chi connectivity index (χ2n) is 3.90. The minimum absolute atomic E-state index is 0.522. The number of hydrogen-bond acceptors (Lipinski definition) is 1. The fourth-order valence-electron chi connectivity index (χ4n) is 2.01. The van der Waals surface area contributed by atoms with Crippen LogP contribution in [0.5, 0.6) is 0 Å². The highest BCUT2D eigenvalue weighted by Crippen LogP contribution is 2.58. The van der Waals surface area contributed by atoms with Crippen LogP contribution in [0.3, 0.4) is 0 Å². The van der Waals surface area contributed by atoms with Gasteiger partial charge in [-0.25, -0.2) is 0 Å². The number of fused-ring (bicyclic) bond motifs is 1. The number of ether oxygens (including phenoxy) is 1. The maximum atomic E-state index is 5.50. The Morgan fingerprint density at radius 1 is 1.44 bits per heavy atom. The first-order valence-corrected chi connectivity index (χ1v) is 3.82. The molecule has 0 radical (unpaired) electrons. The van der Waals surface area contributed by atoms with Crippen molar-refractivity contribution in [2.75, 3.05) is 6.61 Å². The molecule has 1 saturated heterocycles. The van der Waals surface area contributed by atoms with Crippen LogP contribution in [0.2, 0.25) is 0 Å². The summed E-state index contributed by atoms with van der Waals surface area (Å²) in [6.45, 7) is 5.59. The summed E-state index contributed by atoms with van der Waals surface area (Å²) in [5, 5.41) is 0. The highest BCUT2D eigenvalue weighted by molar-refractivity contribution is 5.01. The maximum Gasteiger partial charge on any atom is 0.0552 e. The molecule has 0 aromatic carbocycles. The molecule has 1 heterocycles. The Morgan fingerprint density at radius 3 is 2.78 bits per heavy atom. The van der Waals surface area contributed by atoms with Crippen LogP contribution in [-0.4, -0.2) is 12.7 Å². The van der Waals surface area contributed by atoms with E-state index in [-0.39, 0.29) is 0 Å². The zero-order valence-electron chi connectivity index (χ0n) is 6.18. The molecule has 1 nitrogen and oxygen atoms in total. The highest BCUT2D eigenvalue weighted by atomic mass is 16.5. The smallest absolute Gasteiger partial charge is 0.0552 e. The zero-order valence-corrected chi connectivity index (χ0v) is 6.18. The van der Waals surface area contributed by atoms with Gasteiger partial charge in [0, 0.05) is 0 Å². The number of hydrogen-bond donors (Lipinski definition) is 0. The summed E-state index contributed by atoms with van der Waals surface area (Å²) >= 11 is 0. The molecular weight excluding hydrogens is 112 g/mol. The van der Waals surface area contributed by atoms with Crippen molar-refractivity contribution in [1.29, 1.82) is 0 Å². The Hall–Kier alpha value is -0.0400. The predicted molar refractivity (Wildman–Crippen MR) is 36.2 cm³/mol. The van der Waals surface area contributed by atoms with E-state index in [1.807, 2.05) is 0 Å². The van der Waals surface area contributed by atoms with Crippen molar-refractivity contribution in [2.45, 2.75) is 32.8 Å². The van der Waals surface area contributed by atoms with Crippen LogP contribution < -0.4 is 0 Å². The fraction of sp³-hybridized carbons (Fsp3) is 1.00. The molecule has 3 atom stereocenters. The Labute approximate surface area is 56.4 Å². The van der Waals surface area contributed by atoms with Crippen LogP contribution in [0.25, 0.3) is 0 Å². The molecule has 0 aromatic heterocycles. The van der Waals surface area contributed by atoms with E-state index in [9.17, 15) is 0 Å². The molecule has 1 heteroatoms. The third-order valence-corrected chi connectivity index (χ3v) is 2.87. The van der Waals surface area contributed by atoms with Gasteiger partial charge in [-0.2, -0.15) is 0 Å². The molecule has 1 aliphatic carbocycles. The maximum absolute atomic E-state index is 5.50. The molecular formula is C8H14O. The monoisotopic (exact) mass is 126 g/mol. The van der Waals surface area contributed by atoms with Gasteiger partial charge in [-0.3, -0.25) is 0 Å². The van der Waals surface area contributed by atoms with Crippen molar-refractivity contribution in [1.82, 2.24) is 0 Å². The predicted octanol–water partition coefficient (Wildman–Crippen LogP) is 1.82. The zero-order chi connectivity index (χ0) is 6.48. The van der Waals surface area contributed by atoms with Gasteiger partial charge in [0.15, 0.2) is 0 Å². The molecule has 0 amide bonds. The third kappa shape index (κ3) is 0.787. The van der Waals surface area contributed by atoms with Gasteiger partial charge in [-0.1, -0.05) is 6.92 Å². The molecule has 0 aromatic rings. The summed E-state index contributed by atoms with van der Waals surface area (Å²) in [6, 6.07) is 0. The van der Waals surface area contributed by atoms with Crippen molar-refractivity contribution in [3.05, 3.63) is 0 Å². The Balaban J connectivity index is 2.03. The van der Waals surface area contributed by atoms with Crippen LogP contribution in [0.4, 0.5) is 0 Å². The normalized spacial score (nSPS) is 56.7. The summed E-state index contributed by atoms with van der Waals surface area (Å²) in [6.07, 6.45) is 3.23. The lowest BCUT2D eigenvalue weighted by atomic mass is 9.97. The van der Waals surface area contributed by atoms with Gasteiger partial charge in [0.25, 0.3) is 0 Å². The second-order valence-corrected chi connectivity index (χ2v) is 3.90. The topological polar surface area (TPSA) is 9.23 Å². The first-order valence-electron chi connectivity index (χ1n) is 3.82. The molecule has 2 aliphatic rings. The average molecular weight is 126 g/mol. The molecule has 2 rings (SSSR count). The van der Waals surface area contributed by atoms with Crippen LogP contribution in [0.1, 0.15) is 26.7 Å². The van der Waals surface area contributed by atoms with Crippen molar-refractivity contribution in [3.63, 3.8) is 0 Å². The largest absolute Gasteiger partial charge is 0.378 e. The van der Waals surface area contributed by atoms with Gasteiger partial charge in [0.05, 0.1) is 12.7 Å². The third-order valence-electron chi connectivity index (χ3n) is 2.87. The van der Waals surface area contributed by atoms with E-state index in [0.717, 1.165) is 12.5 Å². The van der Waals surface area contributed by atoms with Crippen molar-refractivity contribution in [2.24, 2.45) is 11.3 Å². The second kappa shape index (κ2) is 1.51. The van der Waals surface area contributed by atoms with E-state index in [0.29, 0.717) is 11.5 Å². The molecule has 9 heavy (non-hydrogen) atoms. The van der Waals surface area contributed by atoms with E-state index < -0.39 is 0 Å². The summed E-state index contributed by atoms with van der Waals surface area (Å²) in [5.74, 6) is 0.911. The van der Waals surface area contributed by atoms with Crippen LogP contribution in [0, 0.1) is 11.3 Å². The lowest BCUT2D eigenvalue weighted by Crippen LogP contribution is -2.22. The average Bonchev–Trinajstić information content (AvgIpc) is 2.38. The van der Waals surface area contributed by atoms with E-state index in [1.165, 1.54) is 12.8 Å². The summed E-state index contributed by atoms with van der Waals surface area (Å²) in [7, 11) is 0. The highest BCUT2D eigenvalue weighted by Gasteiger charge is 2.53. The number of rotatable bonds is 0. The fourth-order valence-corrected chi connectivity index (χ4v) is 2.01. The Bertz CT molecular complexity index is 133. The lowest BCUT2D eigenvalue weighted by Gasteiger charge is -2.23. The first kappa shape index (κ1) is 5.72. The van der Waals surface area contributed by atoms with Gasteiger partial charge in [0.2, 0.25) is 0 Å². The van der Waals surface area contributed by atoms with Crippen molar-refractivity contribution < 1.29 is 4.74 Å². The van der Waals surface area contributed by atoms with E-state index in [1.54, 1.807) is 0 Å². The van der Waals surface area contributed by atoms with E-state index in [4.69, 9.17) is 4.74 Å². The van der Waals surface area contributed by atoms with Gasteiger partial charge in [0.1, 0.15) is 0 Å². The van der Waals surface area contributed by atoms with E-state index in [2.05, 4.69) is 13.8 Å². The first-order chi connectivity index (χ1) is 4.21. The molecule has 0 unspecified atom stereocenters. The Kier molecular flexibility index (Phi) is 0.963. The summed E-state index contributed by atoms with van der Waals surface area (Å²) in [5.41, 5.74) is 0.692. The minimum atomic E-state index is 0.522. The van der Waals surface area contributed by atoms with Gasteiger partial charge >= 0.3 is 0 Å². The van der Waals surface area contributed by atoms with Crippen LogP contribution in [0.15, 0.2) is 0 Å². The molecule has 52 valence electrons. The van der Waals surface area contributed by atoms with Crippen LogP contribution in [-0.2, 0) is 4.74 Å². The van der Waals surface area contributed by atoms with Gasteiger partial charge < -0.3 is 4.74 Å².